The van der Waals surface area contributed by atoms with Gasteiger partial charge >= 0.3 is 0 Å². The van der Waals surface area contributed by atoms with Gasteiger partial charge in [0.25, 0.3) is 5.91 Å². The second kappa shape index (κ2) is 3.84. The van der Waals surface area contributed by atoms with Crippen molar-refractivity contribution in [3.63, 3.8) is 0 Å². The molecular formula is C10H16N4O. The summed E-state index contributed by atoms with van der Waals surface area (Å²) in [5.41, 5.74) is 5.21. The first-order valence-corrected chi connectivity index (χ1v) is 4.68. The Hall–Kier alpha value is -1.65. The molecule has 5 nitrogen and oxygen atoms in total. The molecule has 0 aliphatic rings. The molecule has 1 amide bonds. The van der Waals surface area contributed by atoms with E-state index in [0.717, 1.165) is 0 Å². The van der Waals surface area contributed by atoms with Gasteiger partial charge in [-0.15, -0.1) is 0 Å². The van der Waals surface area contributed by atoms with Crippen LogP contribution in [-0.4, -0.2) is 28.5 Å². The van der Waals surface area contributed by atoms with Crippen molar-refractivity contribution in [2.24, 2.45) is 5.73 Å². The summed E-state index contributed by atoms with van der Waals surface area (Å²) in [6.07, 6.45) is 2.94. The molecule has 1 aromatic heterocycles. The van der Waals surface area contributed by atoms with Gasteiger partial charge < -0.3 is 10.6 Å². The van der Waals surface area contributed by atoms with E-state index in [1.165, 1.54) is 6.20 Å². The third-order valence-corrected chi connectivity index (χ3v) is 2.24. The Balaban J connectivity index is 2.94. The SMILES string of the molecule is CN(c1cnc(C(N)=O)cn1)C(C)(C)C. The summed E-state index contributed by atoms with van der Waals surface area (Å²) in [5.74, 6) is 0.153. The minimum Gasteiger partial charge on any atom is -0.364 e. The van der Waals surface area contributed by atoms with E-state index in [4.69, 9.17) is 5.73 Å². The van der Waals surface area contributed by atoms with Crippen LogP contribution in [0.4, 0.5) is 5.82 Å². The Morgan fingerprint density at radius 1 is 1.33 bits per heavy atom. The lowest BCUT2D eigenvalue weighted by atomic mass is 10.1. The molecular weight excluding hydrogens is 192 g/mol. The van der Waals surface area contributed by atoms with E-state index in [1.807, 2.05) is 11.9 Å². The molecule has 0 bridgehead atoms. The Morgan fingerprint density at radius 3 is 2.27 bits per heavy atom. The van der Waals surface area contributed by atoms with Crippen molar-refractivity contribution in [2.45, 2.75) is 26.3 Å². The van der Waals surface area contributed by atoms with Crippen LogP contribution in [0.2, 0.25) is 0 Å². The second-order valence-electron chi connectivity index (χ2n) is 4.35. The molecule has 0 aromatic carbocycles. The van der Waals surface area contributed by atoms with Crippen LogP contribution in [0, 0.1) is 0 Å². The predicted octanol–water partition coefficient (Wildman–Crippen LogP) is 0.810. The van der Waals surface area contributed by atoms with Crippen LogP contribution in [0.3, 0.4) is 0 Å². The maximum atomic E-state index is 10.8. The first-order chi connectivity index (χ1) is 6.82. The highest BCUT2D eigenvalue weighted by atomic mass is 16.1. The van der Waals surface area contributed by atoms with E-state index in [0.29, 0.717) is 5.82 Å². The van der Waals surface area contributed by atoms with Gasteiger partial charge in [0.05, 0.1) is 12.4 Å². The van der Waals surface area contributed by atoms with E-state index in [-0.39, 0.29) is 11.2 Å². The highest BCUT2D eigenvalue weighted by Gasteiger charge is 2.18. The topological polar surface area (TPSA) is 72.1 Å². The van der Waals surface area contributed by atoms with Gasteiger partial charge in [-0.25, -0.2) is 9.97 Å². The normalized spacial score (nSPS) is 11.2. The van der Waals surface area contributed by atoms with Gasteiger partial charge in [0.2, 0.25) is 0 Å². The lowest BCUT2D eigenvalue weighted by Crippen LogP contribution is -2.38. The highest BCUT2D eigenvalue weighted by Crippen LogP contribution is 2.17. The molecule has 0 atom stereocenters. The number of hydrogen-bond donors (Lipinski definition) is 1. The molecule has 82 valence electrons. The van der Waals surface area contributed by atoms with Crippen molar-refractivity contribution in [2.75, 3.05) is 11.9 Å². The Bertz CT molecular complexity index is 353. The standard InChI is InChI=1S/C10H16N4O/c1-10(2,3)14(4)8-6-12-7(5-13-8)9(11)15/h5-6H,1-4H3,(H2,11,15). The van der Waals surface area contributed by atoms with E-state index < -0.39 is 5.91 Å². The van der Waals surface area contributed by atoms with Gasteiger partial charge in [-0.05, 0) is 20.8 Å². The molecule has 0 saturated carbocycles. The van der Waals surface area contributed by atoms with E-state index >= 15 is 0 Å². The van der Waals surface area contributed by atoms with Crippen molar-refractivity contribution in [1.82, 2.24) is 9.97 Å². The smallest absolute Gasteiger partial charge is 0.268 e. The summed E-state index contributed by atoms with van der Waals surface area (Å²) < 4.78 is 0. The fourth-order valence-electron chi connectivity index (χ4n) is 0.965. The van der Waals surface area contributed by atoms with Crippen LogP contribution in [0.1, 0.15) is 31.3 Å². The molecule has 0 unspecified atom stereocenters. The van der Waals surface area contributed by atoms with Crippen molar-refractivity contribution in [3.05, 3.63) is 18.1 Å². The number of hydrogen-bond acceptors (Lipinski definition) is 4. The number of nitrogens with zero attached hydrogens (tertiary/aromatic N) is 3. The van der Waals surface area contributed by atoms with Gasteiger partial charge in [0.15, 0.2) is 0 Å². The predicted molar refractivity (Wildman–Crippen MR) is 58.7 cm³/mol. The summed E-state index contributed by atoms with van der Waals surface area (Å²) in [4.78, 5) is 20.8. The number of aromatic nitrogens is 2. The largest absolute Gasteiger partial charge is 0.364 e. The lowest BCUT2D eigenvalue weighted by molar-refractivity contribution is 0.0995. The van der Waals surface area contributed by atoms with Gasteiger partial charge in [0, 0.05) is 12.6 Å². The molecule has 5 heteroatoms. The quantitative estimate of drug-likeness (QED) is 0.780. The summed E-state index contributed by atoms with van der Waals surface area (Å²) in [6.45, 7) is 6.20. The molecule has 1 aromatic rings. The maximum Gasteiger partial charge on any atom is 0.268 e. The average molecular weight is 208 g/mol. The number of primary amides is 1. The van der Waals surface area contributed by atoms with Crippen LogP contribution in [0.25, 0.3) is 0 Å². The third kappa shape index (κ3) is 2.65. The first kappa shape index (κ1) is 11.4. The Kier molecular flexibility index (Phi) is 2.93. The number of amides is 1. The molecule has 2 N–H and O–H groups in total. The van der Waals surface area contributed by atoms with E-state index in [9.17, 15) is 4.79 Å². The summed E-state index contributed by atoms with van der Waals surface area (Å²) in [6, 6.07) is 0. The molecule has 0 radical (unpaired) electrons. The zero-order chi connectivity index (χ0) is 11.6. The molecule has 15 heavy (non-hydrogen) atoms. The first-order valence-electron chi connectivity index (χ1n) is 4.68. The Labute approximate surface area is 89.3 Å². The van der Waals surface area contributed by atoms with Crippen molar-refractivity contribution < 1.29 is 4.79 Å². The molecule has 1 rings (SSSR count). The number of anilines is 1. The summed E-state index contributed by atoms with van der Waals surface area (Å²) in [7, 11) is 1.92. The van der Waals surface area contributed by atoms with Crippen LogP contribution < -0.4 is 10.6 Å². The zero-order valence-corrected chi connectivity index (χ0v) is 9.48. The zero-order valence-electron chi connectivity index (χ0n) is 9.48. The van der Waals surface area contributed by atoms with Crippen LogP contribution in [-0.2, 0) is 0 Å². The average Bonchev–Trinajstić information content (AvgIpc) is 2.15. The molecule has 0 fully saturated rings. The summed E-state index contributed by atoms with van der Waals surface area (Å²) >= 11 is 0. The molecule has 0 saturated heterocycles. The Morgan fingerprint density at radius 2 is 1.93 bits per heavy atom. The minimum atomic E-state index is -0.563. The minimum absolute atomic E-state index is 0.0388. The lowest BCUT2D eigenvalue weighted by Gasteiger charge is -2.32. The van der Waals surface area contributed by atoms with E-state index in [1.54, 1.807) is 6.20 Å². The molecule has 0 aliphatic carbocycles. The number of carbonyl (C=O) groups excluding carboxylic acids is 1. The van der Waals surface area contributed by atoms with E-state index in [2.05, 4.69) is 30.7 Å². The van der Waals surface area contributed by atoms with Gasteiger partial charge in [-0.2, -0.15) is 0 Å². The second-order valence-corrected chi connectivity index (χ2v) is 4.35. The monoisotopic (exact) mass is 208 g/mol. The molecule has 0 aliphatic heterocycles. The number of carbonyl (C=O) groups is 1. The molecule has 0 spiro atoms. The number of rotatable bonds is 2. The van der Waals surface area contributed by atoms with Crippen LogP contribution in [0.15, 0.2) is 12.4 Å². The third-order valence-electron chi connectivity index (χ3n) is 2.24. The van der Waals surface area contributed by atoms with Crippen molar-refractivity contribution in [3.8, 4) is 0 Å². The van der Waals surface area contributed by atoms with Crippen LogP contribution >= 0.6 is 0 Å². The van der Waals surface area contributed by atoms with Gasteiger partial charge in [-0.1, -0.05) is 0 Å². The van der Waals surface area contributed by atoms with Crippen LogP contribution in [0.5, 0.6) is 0 Å². The summed E-state index contributed by atoms with van der Waals surface area (Å²) in [5, 5.41) is 0. The fraction of sp³-hybridized carbons (Fsp3) is 0.500. The number of nitrogens with two attached hydrogens (primary N) is 1. The van der Waals surface area contributed by atoms with Crippen molar-refractivity contribution in [1.29, 1.82) is 0 Å². The van der Waals surface area contributed by atoms with Gasteiger partial charge in [0.1, 0.15) is 11.5 Å². The highest BCUT2D eigenvalue weighted by molar-refractivity contribution is 5.90. The van der Waals surface area contributed by atoms with Gasteiger partial charge in [-0.3, -0.25) is 4.79 Å². The molecule has 1 heterocycles. The van der Waals surface area contributed by atoms with Crippen molar-refractivity contribution >= 4 is 11.7 Å². The fourth-order valence-corrected chi connectivity index (χ4v) is 0.965. The maximum absolute atomic E-state index is 10.8.